The van der Waals surface area contributed by atoms with Crippen LogP contribution in [0, 0.1) is 0 Å². The van der Waals surface area contributed by atoms with Crippen molar-refractivity contribution < 1.29 is 0 Å². The molecule has 1 heterocycles. The van der Waals surface area contributed by atoms with Crippen molar-refractivity contribution in [1.29, 1.82) is 0 Å². The standard InChI is InChI=1S/C14H19N3/c15-11-7-8-12-13(9-11)16-17-14(12)10-5-3-1-2-4-6-10/h7-10H,1-6,15H2,(H,16,17). The number of H-pyrrole nitrogens is 1. The van der Waals surface area contributed by atoms with Crippen molar-refractivity contribution in [2.75, 3.05) is 5.73 Å². The van der Waals surface area contributed by atoms with Crippen molar-refractivity contribution in [3.8, 4) is 0 Å². The van der Waals surface area contributed by atoms with E-state index in [0.717, 1.165) is 11.2 Å². The Kier molecular flexibility index (Phi) is 2.75. The molecule has 2 aromatic rings. The first-order valence-corrected chi connectivity index (χ1v) is 6.58. The minimum absolute atomic E-state index is 0.658. The Labute approximate surface area is 101 Å². The van der Waals surface area contributed by atoms with E-state index in [4.69, 9.17) is 5.73 Å². The molecule has 0 bridgehead atoms. The fourth-order valence-electron chi connectivity index (χ4n) is 2.93. The van der Waals surface area contributed by atoms with Crippen LogP contribution in [-0.2, 0) is 0 Å². The Morgan fingerprint density at radius 3 is 2.65 bits per heavy atom. The minimum atomic E-state index is 0.658. The number of hydrogen-bond acceptors (Lipinski definition) is 2. The summed E-state index contributed by atoms with van der Waals surface area (Å²) in [6, 6.07) is 6.03. The Bertz CT molecular complexity index is 507. The molecule has 3 rings (SSSR count). The first-order valence-electron chi connectivity index (χ1n) is 6.58. The van der Waals surface area contributed by atoms with Gasteiger partial charge in [0.25, 0.3) is 0 Å². The number of nitrogen functional groups attached to an aromatic ring is 1. The number of benzene rings is 1. The highest BCUT2D eigenvalue weighted by atomic mass is 15.1. The summed E-state index contributed by atoms with van der Waals surface area (Å²) in [6.07, 6.45) is 8.05. The van der Waals surface area contributed by atoms with Gasteiger partial charge in [-0.05, 0) is 31.0 Å². The van der Waals surface area contributed by atoms with E-state index in [1.54, 1.807) is 0 Å². The first kappa shape index (κ1) is 10.6. The maximum Gasteiger partial charge on any atom is 0.0944 e. The number of aromatic amines is 1. The lowest BCUT2D eigenvalue weighted by atomic mass is 9.94. The molecule has 0 aliphatic heterocycles. The maximum atomic E-state index is 5.78. The second kappa shape index (κ2) is 4.40. The van der Waals surface area contributed by atoms with E-state index < -0.39 is 0 Å². The molecule has 0 atom stereocenters. The average Bonchev–Trinajstić information content (AvgIpc) is 2.57. The largest absolute Gasteiger partial charge is 0.399 e. The van der Waals surface area contributed by atoms with E-state index in [1.165, 1.54) is 49.6 Å². The Hall–Kier alpha value is -1.51. The molecular formula is C14H19N3. The molecule has 1 fully saturated rings. The topological polar surface area (TPSA) is 54.7 Å². The zero-order chi connectivity index (χ0) is 11.7. The summed E-state index contributed by atoms with van der Waals surface area (Å²) in [5, 5.41) is 8.87. The van der Waals surface area contributed by atoms with Gasteiger partial charge in [0, 0.05) is 22.7 Å². The molecule has 17 heavy (non-hydrogen) atoms. The van der Waals surface area contributed by atoms with Gasteiger partial charge in [0.15, 0.2) is 0 Å². The molecule has 1 aromatic heterocycles. The molecule has 1 aliphatic carbocycles. The first-order chi connectivity index (χ1) is 8.34. The van der Waals surface area contributed by atoms with Crippen LogP contribution in [0.2, 0.25) is 0 Å². The molecule has 3 N–H and O–H groups in total. The van der Waals surface area contributed by atoms with Gasteiger partial charge in [-0.3, -0.25) is 5.10 Å². The highest BCUT2D eigenvalue weighted by molar-refractivity contribution is 5.84. The van der Waals surface area contributed by atoms with Gasteiger partial charge < -0.3 is 5.73 Å². The normalized spacial score (nSPS) is 18.4. The highest BCUT2D eigenvalue weighted by Gasteiger charge is 2.18. The van der Waals surface area contributed by atoms with E-state index in [-0.39, 0.29) is 0 Å². The average molecular weight is 229 g/mol. The highest BCUT2D eigenvalue weighted by Crippen LogP contribution is 2.34. The van der Waals surface area contributed by atoms with Crippen molar-refractivity contribution in [2.45, 2.75) is 44.4 Å². The van der Waals surface area contributed by atoms with Gasteiger partial charge in [0.1, 0.15) is 0 Å². The monoisotopic (exact) mass is 229 g/mol. The van der Waals surface area contributed by atoms with Crippen molar-refractivity contribution in [2.24, 2.45) is 0 Å². The zero-order valence-electron chi connectivity index (χ0n) is 10.1. The third-order valence-electron chi connectivity index (χ3n) is 3.87. The lowest BCUT2D eigenvalue weighted by molar-refractivity contribution is 0.579. The van der Waals surface area contributed by atoms with Gasteiger partial charge in [0.05, 0.1) is 5.52 Å². The molecular weight excluding hydrogens is 210 g/mol. The Morgan fingerprint density at radius 2 is 1.88 bits per heavy atom. The van der Waals surface area contributed by atoms with Crippen molar-refractivity contribution in [3.63, 3.8) is 0 Å². The maximum absolute atomic E-state index is 5.78. The molecule has 0 amide bonds. The number of anilines is 1. The van der Waals surface area contributed by atoms with Gasteiger partial charge >= 0.3 is 0 Å². The lowest BCUT2D eigenvalue weighted by Crippen LogP contribution is -1.98. The molecule has 1 saturated carbocycles. The molecule has 1 aliphatic rings. The van der Waals surface area contributed by atoms with Crippen LogP contribution in [0.1, 0.15) is 50.1 Å². The fourth-order valence-corrected chi connectivity index (χ4v) is 2.93. The van der Waals surface area contributed by atoms with Crippen LogP contribution in [0.4, 0.5) is 5.69 Å². The van der Waals surface area contributed by atoms with Gasteiger partial charge in [0.2, 0.25) is 0 Å². The summed E-state index contributed by atoms with van der Waals surface area (Å²) >= 11 is 0. The molecule has 0 unspecified atom stereocenters. The van der Waals surface area contributed by atoms with Crippen LogP contribution in [0.5, 0.6) is 0 Å². The van der Waals surface area contributed by atoms with E-state index in [1.807, 2.05) is 12.1 Å². The van der Waals surface area contributed by atoms with Crippen LogP contribution < -0.4 is 5.73 Å². The Balaban J connectivity index is 1.98. The number of fused-ring (bicyclic) bond motifs is 1. The number of hydrogen-bond donors (Lipinski definition) is 2. The number of aromatic nitrogens is 2. The van der Waals surface area contributed by atoms with Crippen LogP contribution in [0.3, 0.4) is 0 Å². The second-order valence-corrected chi connectivity index (χ2v) is 5.10. The summed E-state index contributed by atoms with van der Waals surface area (Å²) in [6.45, 7) is 0. The fraction of sp³-hybridized carbons (Fsp3) is 0.500. The molecule has 3 nitrogen and oxygen atoms in total. The predicted molar refractivity (Wildman–Crippen MR) is 70.9 cm³/mol. The number of rotatable bonds is 1. The molecule has 0 radical (unpaired) electrons. The summed E-state index contributed by atoms with van der Waals surface area (Å²) in [7, 11) is 0. The van der Waals surface area contributed by atoms with Crippen LogP contribution in [0.25, 0.3) is 10.9 Å². The summed E-state index contributed by atoms with van der Waals surface area (Å²) in [5.74, 6) is 0.658. The summed E-state index contributed by atoms with van der Waals surface area (Å²) in [5.41, 5.74) is 8.90. The molecule has 3 heteroatoms. The Morgan fingerprint density at radius 1 is 1.12 bits per heavy atom. The van der Waals surface area contributed by atoms with Gasteiger partial charge in [-0.15, -0.1) is 0 Å². The van der Waals surface area contributed by atoms with Crippen LogP contribution in [0.15, 0.2) is 18.2 Å². The van der Waals surface area contributed by atoms with E-state index in [9.17, 15) is 0 Å². The molecule has 1 aromatic carbocycles. The van der Waals surface area contributed by atoms with E-state index >= 15 is 0 Å². The third-order valence-corrected chi connectivity index (χ3v) is 3.87. The molecule has 0 saturated heterocycles. The van der Waals surface area contributed by atoms with Gasteiger partial charge in [-0.25, -0.2) is 0 Å². The zero-order valence-corrected chi connectivity index (χ0v) is 10.1. The van der Waals surface area contributed by atoms with Crippen molar-refractivity contribution >= 4 is 16.6 Å². The van der Waals surface area contributed by atoms with Gasteiger partial charge in [-0.2, -0.15) is 5.10 Å². The molecule has 90 valence electrons. The minimum Gasteiger partial charge on any atom is -0.399 e. The number of nitrogens with two attached hydrogens (primary N) is 1. The summed E-state index contributed by atoms with van der Waals surface area (Å²) in [4.78, 5) is 0. The third kappa shape index (κ3) is 2.02. The van der Waals surface area contributed by atoms with E-state index in [2.05, 4.69) is 16.3 Å². The predicted octanol–water partition coefficient (Wildman–Crippen LogP) is 3.58. The SMILES string of the molecule is Nc1ccc2c(C3CCCCCC3)[nH]nc2c1. The van der Waals surface area contributed by atoms with Gasteiger partial charge in [-0.1, -0.05) is 25.7 Å². The van der Waals surface area contributed by atoms with Crippen LogP contribution in [-0.4, -0.2) is 10.2 Å². The quantitative estimate of drug-likeness (QED) is 0.580. The van der Waals surface area contributed by atoms with Crippen molar-refractivity contribution in [1.82, 2.24) is 10.2 Å². The molecule has 0 spiro atoms. The summed E-state index contributed by atoms with van der Waals surface area (Å²) < 4.78 is 0. The smallest absolute Gasteiger partial charge is 0.0944 e. The van der Waals surface area contributed by atoms with Crippen LogP contribution >= 0.6 is 0 Å². The second-order valence-electron chi connectivity index (χ2n) is 5.10. The van der Waals surface area contributed by atoms with E-state index in [0.29, 0.717) is 5.92 Å². The lowest BCUT2D eigenvalue weighted by Gasteiger charge is -2.12. The van der Waals surface area contributed by atoms with Crippen molar-refractivity contribution in [3.05, 3.63) is 23.9 Å². The number of nitrogens with one attached hydrogen (secondary N) is 1. The number of nitrogens with zero attached hydrogens (tertiary/aromatic N) is 1.